The molecule has 1 unspecified atom stereocenters. The zero-order chi connectivity index (χ0) is 30.8. The Balaban J connectivity index is 1.51. The number of methoxy groups -OCH3 is 1. The predicted octanol–water partition coefficient (Wildman–Crippen LogP) is 7.58. The summed E-state index contributed by atoms with van der Waals surface area (Å²) in [4.78, 5) is 40.3. The van der Waals surface area contributed by atoms with E-state index in [1.807, 2.05) is 32.0 Å². The van der Waals surface area contributed by atoms with Gasteiger partial charge in [-0.2, -0.15) is 0 Å². The van der Waals surface area contributed by atoms with Crippen LogP contribution in [0.1, 0.15) is 34.8 Å². The van der Waals surface area contributed by atoms with E-state index in [0.717, 1.165) is 10.5 Å². The highest BCUT2D eigenvalue weighted by molar-refractivity contribution is 8.00. The number of thioether (sulfide) groups is 1. The summed E-state index contributed by atoms with van der Waals surface area (Å²) in [6, 6.07) is 28.4. The number of anilines is 2. The number of rotatable bonds is 11. The molecule has 0 spiro atoms. The third-order valence-electron chi connectivity index (χ3n) is 6.45. The molecule has 4 rings (SSSR count). The molecule has 7 nitrogen and oxygen atoms in total. The van der Waals surface area contributed by atoms with E-state index in [1.165, 1.54) is 11.8 Å². The molecule has 4 aromatic rings. The average Bonchev–Trinajstić information content (AvgIpc) is 3.02. The van der Waals surface area contributed by atoms with Crippen LogP contribution in [-0.2, 0) is 9.59 Å². The summed E-state index contributed by atoms with van der Waals surface area (Å²) >= 11 is 7.52. The molecule has 0 fully saturated rings. The highest BCUT2D eigenvalue weighted by Crippen LogP contribution is 2.30. The smallest absolute Gasteiger partial charge is 0.272 e. The van der Waals surface area contributed by atoms with E-state index in [0.29, 0.717) is 39.7 Å². The maximum atomic E-state index is 13.5. The van der Waals surface area contributed by atoms with E-state index in [9.17, 15) is 14.4 Å². The number of carbonyl (C=O) groups excluding carboxylic acids is 3. The zero-order valence-corrected chi connectivity index (χ0v) is 25.6. The minimum atomic E-state index is -0.497. The SMILES string of the molecule is CCC(Sc1cccc(NC(=O)/C(=C\c2ccc(OC)cc2)NC(=O)c2ccccc2)c1)C(=O)Nc1cc(Cl)ccc1C. The molecule has 3 N–H and O–H groups in total. The van der Waals surface area contributed by atoms with Gasteiger partial charge in [0.2, 0.25) is 5.91 Å². The van der Waals surface area contributed by atoms with Crippen LogP contribution in [0.25, 0.3) is 6.08 Å². The number of hydrogen-bond acceptors (Lipinski definition) is 5. The molecule has 0 saturated carbocycles. The first kappa shape index (κ1) is 31.4. The largest absolute Gasteiger partial charge is 0.497 e. The molecule has 3 amide bonds. The van der Waals surface area contributed by atoms with Crippen molar-refractivity contribution in [2.45, 2.75) is 30.4 Å². The fourth-order valence-electron chi connectivity index (χ4n) is 4.08. The first-order valence-electron chi connectivity index (χ1n) is 13.6. The maximum absolute atomic E-state index is 13.5. The van der Waals surface area contributed by atoms with E-state index in [4.69, 9.17) is 16.3 Å². The highest BCUT2D eigenvalue weighted by Gasteiger charge is 2.20. The number of carbonyl (C=O) groups is 3. The van der Waals surface area contributed by atoms with Gasteiger partial charge in [0.1, 0.15) is 11.4 Å². The van der Waals surface area contributed by atoms with Crippen LogP contribution in [0.15, 0.2) is 108 Å². The summed E-state index contributed by atoms with van der Waals surface area (Å²) in [5.41, 5.74) is 3.30. The van der Waals surface area contributed by atoms with Crippen molar-refractivity contribution in [2.24, 2.45) is 0 Å². The Morgan fingerprint density at radius 2 is 1.65 bits per heavy atom. The third-order valence-corrected chi connectivity index (χ3v) is 8.04. The lowest BCUT2D eigenvalue weighted by molar-refractivity contribution is -0.116. The lowest BCUT2D eigenvalue weighted by atomic mass is 10.1. The van der Waals surface area contributed by atoms with Gasteiger partial charge in [-0.25, -0.2) is 0 Å². The molecule has 9 heteroatoms. The summed E-state index contributed by atoms with van der Waals surface area (Å²) in [6.07, 6.45) is 2.19. The van der Waals surface area contributed by atoms with Gasteiger partial charge >= 0.3 is 0 Å². The number of aryl methyl sites for hydroxylation is 1. The number of ether oxygens (including phenoxy) is 1. The van der Waals surface area contributed by atoms with Crippen molar-refractivity contribution in [1.82, 2.24) is 5.32 Å². The molecule has 1 atom stereocenters. The van der Waals surface area contributed by atoms with Crippen LogP contribution in [0.4, 0.5) is 11.4 Å². The minimum absolute atomic E-state index is 0.0692. The van der Waals surface area contributed by atoms with Gasteiger partial charge in [0.15, 0.2) is 0 Å². The van der Waals surface area contributed by atoms with Crippen LogP contribution in [0.2, 0.25) is 5.02 Å². The van der Waals surface area contributed by atoms with Gasteiger partial charge in [0.05, 0.1) is 12.4 Å². The monoisotopic (exact) mass is 613 g/mol. The second-order valence-corrected chi connectivity index (χ2v) is 11.3. The normalized spacial score (nSPS) is 11.8. The van der Waals surface area contributed by atoms with Gasteiger partial charge in [-0.15, -0.1) is 11.8 Å². The van der Waals surface area contributed by atoms with Crippen molar-refractivity contribution in [3.05, 3.63) is 124 Å². The highest BCUT2D eigenvalue weighted by atomic mass is 35.5. The van der Waals surface area contributed by atoms with E-state index in [-0.39, 0.29) is 16.9 Å². The van der Waals surface area contributed by atoms with E-state index < -0.39 is 11.8 Å². The standard InChI is InChI=1S/C34H32ClN3O4S/c1-4-31(34(41)37-29-20-25(35)16-13-22(29)2)43-28-12-8-11-26(21-28)36-33(40)30(19-23-14-17-27(42-3)18-15-23)38-32(39)24-9-6-5-7-10-24/h5-21,31H,4H2,1-3H3,(H,36,40)(H,37,41)(H,38,39)/b30-19+. The van der Waals surface area contributed by atoms with Crippen LogP contribution < -0.4 is 20.7 Å². The molecule has 0 saturated heterocycles. The first-order valence-corrected chi connectivity index (χ1v) is 14.9. The van der Waals surface area contributed by atoms with Crippen LogP contribution in [-0.4, -0.2) is 30.1 Å². The average molecular weight is 614 g/mol. The molecule has 0 bridgehead atoms. The van der Waals surface area contributed by atoms with Gasteiger partial charge in [0, 0.05) is 26.9 Å². The van der Waals surface area contributed by atoms with Gasteiger partial charge in [-0.1, -0.05) is 61.0 Å². The Morgan fingerprint density at radius 1 is 0.907 bits per heavy atom. The summed E-state index contributed by atoms with van der Waals surface area (Å²) in [5, 5.41) is 8.77. The quantitative estimate of drug-likeness (QED) is 0.120. The molecule has 0 radical (unpaired) electrons. The molecular formula is C34H32ClN3O4S. The maximum Gasteiger partial charge on any atom is 0.272 e. The summed E-state index contributed by atoms with van der Waals surface area (Å²) < 4.78 is 5.22. The van der Waals surface area contributed by atoms with Crippen molar-refractivity contribution in [3.63, 3.8) is 0 Å². The Hall–Kier alpha value is -4.53. The zero-order valence-electron chi connectivity index (χ0n) is 24.0. The number of amides is 3. The molecule has 0 aliphatic heterocycles. The summed E-state index contributed by atoms with van der Waals surface area (Å²) in [7, 11) is 1.57. The van der Waals surface area contributed by atoms with Gasteiger partial charge in [-0.05, 0) is 85.1 Å². The predicted molar refractivity (Wildman–Crippen MR) is 175 cm³/mol. The lowest BCUT2D eigenvalue weighted by Gasteiger charge is -2.17. The van der Waals surface area contributed by atoms with Gasteiger partial charge in [-0.3, -0.25) is 14.4 Å². The molecule has 43 heavy (non-hydrogen) atoms. The van der Waals surface area contributed by atoms with Crippen molar-refractivity contribution >= 4 is 58.5 Å². The molecule has 220 valence electrons. The Bertz CT molecular complexity index is 1620. The minimum Gasteiger partial charge on any atom is -0.497 e. The van der Waals surface area contributed by atoms with Crippen molar-refractivity contribution in [2.75, 3.05) is 17.7 Å². The Kier molecular flexibility index (Phi) is 11.0. The summed E-state index contributed by atoms with van der Waals surface area (Å²) in [6.45, 7) is 3.85. The van der Waals surface area contributed by atoms with Gasteiger partial charge in [0.25, 0.3) is 11.8 Å². The van der Waals surface area contributed by atoms with Crippen LogP contribution >= 0.6 is 23.4 Å². The lowest BCUT2D eigenvalue weighted by Crippen LogP contribution is -2.30. The second kappa shape index (κ2) is 15.1. The summed E-state index contributed by atoms with van der Waals surface area (Å²) in [5.74, 6) is -0.372. The van der Waals surface area contributed by atoms with E-state index >= 15 is 0 Å². The van der Waals surface area contributed by atoms with E-state index in [2.05, 4.69) is 16.0 Å². The number of benzene rings is 4. The van der Waals surface area contributed by atoms with Gasteiger partial charge < -0.3 is 20.7 Å². The molecule has 0 heterocycles. The van der Waals surface area contributed by atoms with Crippen LogP contribution in [0.3, 0.4) is 0 Å². The fourth-order valence-corrected chi connectivity index (χ4v) is 5.27. The topological polar surface area (TPSA) is 96.5 Å². The first-order chi connectivity index (χ1) is 20.7. The van der Waals surface area contributed by atoms with Crippen molar-refractivity contribution in [1.29, 1.82) is 0 Å². The Morgan fingerprint density at radius 3 is 2.35 bits per heavy atom. The third kappa shape index (κ3) is 8.98. The number of halogens is 1. The molecular weight excluding hydrogens is 582 g/mol. The Labute approximate surface area is 260 Å². The second-order valence-electron chi connectivity index (χ2n) is 9.60. The number of nitrogens with one attached hydrogen (secondary N) is 3. The van der Waals surface area contributed by atoms with Crippen LogP contribution in [0, 0.1) is 6.92 Å². The number of hydrogen-bond donors (Lipinski definition) is 3. The van der Waals surface area contributed by atoms with E-state index in [1.54, 1.807) is 92.0 Å². The molecule has 0 aliphatic rings. The molecule has 0 aliphatic carbocycles. The molecule has 0 aromatic heterocycles. The molecule has 4 aromatic carbocycles. The van der Waals surface area contributed by atoms with Crippen LogP contribution in [0.5, 0.6) is 5.75 Å². The fraction of sp³-hybridized carbons (Fsp3) is 0.147. The van der Waals surface area contributed by atoms with Crippen molar-refractivity contribution in [3.8, 4) is 5.75 Å². The van der Waals surface area contributed by atoms with Crippen molar-refractivity contribution < 1.29 is 19.1 Å².